The van der Waals surface area contributed by atoms with E-state index in [0.717, 1.165) is 18.2 Å². The molecule has 1 unspecified atom stereocenters. The van der Waals surface area contributed by atoms with Gasteiger partial charge in [0.25, 0.3) is 11.8 Å². The van der Waals surface area contributed by atoms with Gasteiger partial charge in [-0.1, -0.05) is 6.07 Å². The molecular formula is C18H14F4N2O3. The lowest BCUT2D eigenvalue weighted by Gasteiger charge is -2.12. The summed E-state index contributed by atoms with van der Waals surface area (Å²) in [7, 11) is 0. The molecule has 1 atom stereocenters. The van der Waals surface area contributed by atoms with Crippen molar-refractivity contribution in [3.05, 3.63) is 59.2 Å². The third-order valence-electron chi connectivity index (χ3n) is 3.89. The molecule has 142 valence electrons. The minimum atomic E-state index is -2.83. The summed E-state index contributed by atoms with van der Waals surface area (Å²) < 4.78 is 58.1. The summed E-state index contributed by atoms with van der Waals surface area (Å²) in [4.78, 5) is 23.7. The van der Waals surface area contributed by atoms with E-state index in [4.69, 9.17) is 4.74 Å². The molecule has 0 spiro atoms. The first-order valence-corrected chi connectivity index (χ1v) is 7.89. The lowest BCUT2D eigenvalue weighted by molar-refractivity contribution is 0.0663. The Labute approximate surface area is 151 Å². The molecule has 3 rings (SSSR count). The Morgan fingerprint density at radius 1 is 1.15 bits per heavy atom. The fourth-order valence-electron chi connectivity index (χ4n) is 2.37. The number of carbonyl (C=O) groups excluding carboxylic acids is 2. The topological polar surface area (TPSA) is 67.4 Å². The summed E-state index contributed by atoms with van der Waals surface area (Å²) in [5.74, 6) is -6.03. The van der Waals surface area contributed by atoms with Crippen molar-refractivity contribution in [1.29, 1.82) is 0 Å². The SMILES string of the molecule is Cc1cc(NC(=O)NC(=O)c2c(F)cccc2F)ccc1OC1CC1(F)F. The van der Waals surface area contributed by atoms with Crippen LogP contribution >= 0.6 is 0 Å². The number of halogens is 4. The first-order valence-electron chi connectivity index (χ1n) is 7.89. The molecule has 1 aliphatic carbocycles. The van der Waals surface area contributed by atoms with Crippen molar-refractivity contribution in [1.82, 2.24) is 5.32 Å². The van der Waals surface area contributed by atoms with Gasteiger partial charge in [0, 0.05) is 5.69 Å². The molecule has 2 aromatic carbocycles. The fraction of sp³-hybridized carbons (Fsp3) is 0.222. The molecule has 2 N–H and O–H groups in total. The zero-order chi connectivity index (χ0) is 19.8. The number of amides is 3. The number of ether oxygens (including phenoxy) is 1. The summed E-state index contributed by atoms with van der Waals surface area (Å²) in [5.41, 5.74) is -0.151. The van der Waals surface area contributed by atoms with Gasteiger partial charge in [0.15, 0.2) is 6.10 Å². The van der Waals surface area contributed by atoms with Crippen LogP contribution in [0.25, 0.3) is 0 Å². The number of hydrogen-bond acceptors (Lipinski definition) is 3. The van der Waals surface area contributed by atoms with Crippen LogP contribution in [0.4, 0.5) is 28.0 Å². The zero-order valence-corrected chi connectivity index (χ0v) is 14.0. The van der Waals surface area contributed by atoms with Crippen LogP contribution in [-0.2, 0) is 0 Å². The van der Waals surface area contributed by atoms with Crippen LogP contribution in [0, 0.1) is 18.6 Å². The first kappa shape index (κ1) is 18.7. The molecule has 1 aliphatic rings. The Morgan fingerprint density at radius 3 is 2.33 bits per heavy atom. The fourth-order valence-corrected chi connectivity index (χ4v) is 2.37. The smallest absolute Gasteiger partial charge is 0.326 e. The highest BCUT2D eigenvalue weighted by Gasteiger charge is 2.59. The van der Waals surface area contributed by atoms with Crippen molar-refractivity contribution in [3.8, 4) is 5.75 Å². The Balaban J connectivity index is 1.62. The number of hydrogen-bond donors (Lipinski definition) is 2. The molecule has 5 nitrogen and oxygen atoms in total. The van der Waals surface area contributed by atoms with Gasteiger partial charge in [-0.3, -0.25) is 10.1 Å². The van der Waals surface area contributed by atoms with Crippen LogP contribution in [0.5, 0.6) is 5.75 Å². The van der Waals surface area contributed by atoms with E-state index < -0.39 is 41.2 Å². The molecule has 0 heterocycles. The lowest BCUT2D eigenvalue weighted by atomic mass is 10.2. The Hall–Kier alpha value is -3.10. The minimum absolute atomic E-state index is 0.238. The second kappa shape index (κ2) is 6.90. The summed E-state index contributed by atoms with van der Waals surface area (Å²) in [5, 5.41) is 4.13. The molecule has 9 heteroatoms. The van der Waals surface area contributed by atoms with E-state index in [1.165, 1.54) is 18.2 Å². The molecule has 0 bridgehead atoms. The maximum absolute atomic E-state index is 13.5. The van der Waals surface area contributed by atoms with Crippen LogP contribution in [0.2, 0.25) is 0 Å². The van der Waals surface area contributed by atoms with Crippen LogP contribution in [-0.4, -0.2) is 24.0 Å². The first-order chi connectivity index (χ1) is 12.7. The summed E-state index contributed by atoms with van der Waals surface area (Å²) in [6.45, 7) is 1.60. The highest BCUT2D eigenvalue weighted by Crippen LogP contribution is 2.45. The number of alkyl halides is 2. The second-order valence-electron chi connectivity index (χ2n) is 6.06. The van der Waals surface area contributed by atoms with Crippen LogP contribution in [0.3, 0.4) is 0 Å². The molecule has 3 amide bonds. The van der Waals surface area contributed by atoms with Crippen LogP contribution in [0.1, 0.15) is 22.3 Å². The van der Waals surface area contributed by atoms with E-state index in [9.17, 15) is 27.2 Å². The number of imide groups is 1. The number of anilines is 1. The van der Waals surface area contributed by atoms with Gasteiger partial charge < -0.3 is 10.1 Å². The standard InChI is InChI=1S/C18H14F4N2O3/c1-9-7-10(5-6-13(9)27-14-8-18(14,21)22)23-17(26)24-16(25)15-11(19)3-2-4-12(15)20/h2-7,14H,8H2,1H3,(H2,23,24,25,26). The van der Waals surface area contributed by atoms with Crippen molar-refractivity contribution in [2.75, 3.05) is 5.32 Å². The summed E-state index contributed by atoms with van der Waals surface area (Å²) in [6.07, 6.45) is -1.50. The third kappa shape index (κ3) is 4.18. The molecule has 27 heavy (non-hydrogen) atoms. The Kier molecular flexibility index (Phi) is 4.77. The molecule has 1 saturated carbocycles. The van der Waals surface area contributed by atoms with E-state index in [1.54, 1.807) is 6.92 Å². The largest absolute Gasteiger partial charge is 0.484 e. The average molecular weight is 382 g/mol. The highest BCUT2D eigenvalue weighted by molar-refractivity contribution is 6.08. The van der Waals surface area contributed by atoms with Crippen LogP contribution < -0.4 is 15.4 Å². The molecule has 1 fully saturated rings. The van der Waals surface area contributed by atoms with E-state index >= 15 is 0 Å². The van der Waals surface area contributed by atoms with Gasteiger partial charge in [-0.25, -0.2) is 22.4 Å². The minimum Gasteiger partial charge on any atom is -0.484 e. The van der Waals surface area contributed by atoms with Crippen molar-refractivity contribution in [2.24, 2.45) is 0 Å². The summed E-state index contributed by atoms with van der Waals surface area (Å²) in [6, 6.07) is 6.09. The predicted octanol–water partition coefficient (Wildman–Crippen LogP) is 4.02. The van der Waals surface area contributed by atoms with E-state index in [0.29, 0.717) is 5.56 Å². The van der Waals surface area contributed by atoms with Crippen molar-refractivity contribution in [2.45, 2.75) is 25.4 Å². The van der Waals surface area contributed by atoms with E-state index in [1.807, 2.05) is 5.32 Å². The highest BCUT2D eigenvalue weighted by atomic mass is 19.3. The Bertz CT molecular complexity index is 897. The normalized spacial score (nSPS) is 17.1. The number of urea groups is 1. The molecule has 0 radical (unpaired) electrons. The maximum Gasteiger partial charge on any atom is 0.326 e. The van der Waals surface area contributed by atoms with Gasteiger partial charge >= 0.3 is 6.03 Å². The monoisotopic (exact) mass is 382 g/mol. The van der Waals surface area contributed by atoms with Crippen molar-refractivity contribution in [3.63, 3.8) is 0 Å². The number of rotatable bonds is 4. The van der Waals surface area contributed by atoms with Crippen LogP contribution in [0.15, 0.2) is 36.4 Å². The van der Waals surface area contributed by atoms with Gasteiger partial charge in [-0.15, -0.1) is 0 Å². The molecule has 0 aliphatic heterocycles. The second-order valence-corrected chi connectivity index (χ2v) is 6.06. The van der Waals surface area contributed by atoms with Gasteiger partial charge in [0.2, 0.25) is 0 Å². The van der Waals surface area contributed by atoms with Crippen molar-refractivity contribution >= 4 is 17.6 Å². The third-order valence-corrected chi connectivity index (χ3v) is 3.89. The Morgan fingerprint density at radius 2 is 1.78 bits per heavy atom. The molecular weight excluding hydrogens is 368 g/mol. The van der Waals surface area contributed by atoms with Crippen molar-refractivity contribution < 1.29 is 31.9 Å². The van der Waals surface area contributed by atoms with E-state index in [2.05, 4.69) is 5.32 Å². The number of aryl methyl sites for hydroxylation is 1. The predicted molar refractivity (Wildman–Crippen MR) is 88.0 cm³/mol. The zero-order valence-electron chi connectivity index (χ0n) is 14.0. The quantitative estimate of drug-likeness (QED) is 0.785. The molecule has 2 aromatic rings. The van der Waals surface area contributed by atoms with Gasteiger partial charge in [0.1, 0.15) is 22.9 Å². The number of benzene rings is 2. The summed E-state index contributed by atoms with van der Waals surface area (Å²) >= 11 is 0. The number of nitrogens with one attached hydrogen (secondary N) is 2. The van der Waals surface area contributed by atoms with E-state index in [-0.39, 0.29) is 17.9 Å². The van der Waals surface area contributed by atoms with Gasteiger partial charge in [-0.2, -0.15) is 0 Å². The average Bonchev–Trinajstić information content (AvgIpc) is 3.16. The molecule has 0 saturated heterocycles. The maximum atomic E-state index is 13.5. The molecule has 0 aromatic heterocycles. The number of carbonyl (C=O) groups is 2. The van der Waals surface area contributed by atoms with Gasteiger partial charge in [-0.05, 0) is 42.8 Å². The van der Waals surface area contributed by atoms with Gasteiger partial charge in [0.05, 0.1) is 6.42 Å². The lowest BCUT2D eigenvalue weighted by Crippen LogP contribution is -2.35.